The maximum Gasteiger partial charge on any atom is 0.169 e. The normalized spacial score (nSPS) is 11.0. The van der Waals surface area contributed by atoms with E-state index in [0.29, 0.717) is 13.1 Å². The Morgan fingerprint density at radius 3 is 3.00 bits per heavy atom. The first kappa shape index (κ1) is 12.5. The third-order valence-electron chi connectivity index (χ3n) is 1.82. The van der Waals surface area contributed by atoms with Crippen LogP contribution in [0.5, 0.6) is 5.75 Å². The van der Waals surface area contributed by atoms with Crippen molar-refractivity contribution in [2.24, 2.45) is 5.73 Å². The molecule has 4 heteroatoms. The topological polar surface area (TPSA) is 60.2 Å². The molecule has 0 fully saturated rings. The van der Waals surface area contributed by atoms with Gasteiger partial charge in [0, 0.05) is 19.3 Å². The predicted molar refractivity (Wildman–Crippen MR) is 66.7 cm³/mol. The van der Waals surface area contributed by atoms with E-state index in [1.165, 1.54) is 0 Å². The van der Waals surface area contributed by atoms with E-state index in [2.05, 4.69) is 10.3 Å². The molecule has 0 aliphatic rings. The van der Waals surface area contributed by atoms with Crippen molar-refractivity contribution in [2.75, 3.05) is 18.4 Å². The van der Waals surface area contributed by atoms with Gasteiger partial charge in [0.25, 0.3) is 0 Å². The number of hydrogen-bond donors (Lipinski definition) is 2. The molecule has 1 heterocycles. The Morgan fingerprint density at radius 1 is 1.50 bits per heavy atom. The average molecular weight is 221 g/mol. The zero-order valence-electron chi connectivity index (χ0n) is 9.81. The fraction of sp³-hybridized carbons (Fsp3) is 0.417. The second-order valence-electron chi connectivity index (χ2n) is 3.60. The van der Waals surface area contributed by atoms with Gasteiger partial charge in [0.05, 0.1) is 6.10 Å². The summed E-state index contributed by atoms with van der Waals surface area (Å²) in [6, 6.07) is 3.76. The summed E-state index contributed by atoms with van der Waals surface area (Å²) in [5, 5.41) is 3.17. The van der Waals surface area contributed by atoms with Crippen molar-refractivity contribution in [1.29, 1.82) is 0 Å². The van der Waals surface area contributed by atoms with Gasteiger partial charge in [-0.2, -0.15) is 0 Å². The molecule has 0 saturated heterocycles. The Bertz CT molecular complexity index is 337. The first-order valence-electron chi connectivity index (χ1n) is 5.44. The lowest BCUT2D eigenvalue weighted by atomic mass is 10.4. The molecular weight excluding hydrogens is 202 g/mol. The minimum atomic E-state index is 0.143. The largest absolute Gasteiger partial charge is 0.487 e. The predicted octanol–water partition coefficient (Wildman–Crippen LogP) is 1.80. The quantitative estimate of drug-likeness (QED) is 0.719. The van der Waals surface area contributed by atoms with Gasteiger partial charge in [0.15, 0.2) is 11.6 Å². The van der Waals surface area contributed by atoms with Crippen LogP contribution < -0.4 is 15.8 Å². The van der Waals surface area contributed by atoms with Gasteiger partial charge in [0.2, 0.25) is 0 Å². The van der Waals surface area contributed by atoms with Crippen molar-refractivity contribution in [3.8, 4) is 5.75 Å². The van der Waals surface area contributed by atoms with Crippen LogP contribution in [0.3, 0.4) is 0 Å². The standard InChI is InChI=1S/C12H19N3O/c1-10(2)16-11-6-5-9-15-12(11)14-8-4-3-7-13/h3-6,9-10H,7-8,13H2,1-2H3,(H,14,15)/b4-3+. The number of nitrogens with one attached hydrogen (secondary N) is 1. The van der Waals surface area contributed by atoms with Crippen molar-refractivity contribution in [1.82, 2.24) is 4.98 Å². The van der Waals surface area contributed by atoms with E-state index >= 15 is 0 Å². The SMILES string of the molecule is CC(C)Oc1cccnc1NC/C=C/CN. The van der Waals surface area contributed by atoms with Gasteiger partial charge < -0.3 is 15.8 Å². The van der Waals surface area contributed by atoms with Crippen molar-refractivity contribution in [3.63, 3.8) is 0 Å². The first-order chi connectivity index (χ1) is 7.74. The van der Waals surface area contributed by atoms with Crippen LogP contribution in [0, 0.1) is 0 Å². The Labute approximate surface area is 96.5 Å². The Hall–Kier alpha value is -1.55. The van der Waals surface area contributed by atoms with Crippen LogP contribution in [0.25, 0.3) is 0 Å². The van der Waals surface area contributed by atoms with Crippen molar-refractivity contribution < 1.29 is 4.74 Å². The molecule has 0 aliphatic carbocycles. The highest BCUT2D eigenvalue weighted by Crippen LogP contribution is 2.21. The molecule has 0 bridgehead atoms. The highest BCUT2D eigenvalue weighted by Gasteiger charge is 2.04. The van der Waals surface area contributed by atoms with E-state index in [1.807, 2.05) is 38.1 Å². The highest BCUT2D eigenvalue weighted by atomic mass is 16.5. The second-order valence-corrected chi connectivity index (χ2v) is 3.60. The molecular formula is C12H19N3O. The third kappa shape index (κ3) is 4.31. The lowest BCUT2D eigenvalue weighted by Crippen LogP contribution is -2.09. The van der Waals surface area contributed by atoms with E-state index in [0.717, 1.165) is 11.6 Å². The monoisotopic (exact) mass is 221 g/mol. The highest BCUT2D eigenvalue weighted by molar-refractivity contribution is 5.49. The molecule has 1 aromatic heterocycles. The van der Waals surface area contributed by atoms with Crippen LogP contribution >= 0.6 is 0 Å². The smallest absolute Gasteiger partial charge is 0.169 e. The van der Waals surface area contributed by atoms with Crippen LogP contribution in [0.2, 0.25) is 0 Å². The molecule has 4 nitrogen and oxygen atoms in total. The number of anilines is 1. The van der Waals surface area contributed by atoms with E-state index in [-0.39, 0.29) is 6.10 Å². The maximum atomic E-state index is 5.63. The molecule has 0 aromatic carbocycles. The number of hydrogen-bond acceptors (Lipinski definition) is 4. The molecule has 0 spiro atoms. The van der Waals surface area contributed by atoms with E-state index in [9.17, 15) is 0 Å². The van der Waals surface area contributed by atoms with Gasteiger partial charge >= 0.3 is 0 Å². The van der Waals surface area contributed by atoms with Gasteiger partial charge in [0.1, 0.15) is 0 Å². The first-order valence-corrected chi connectivity index (χ1v) is 5.44. The summed E-state index contributed by atoms with van der Waals surface area (Å²) in [5.41, 5.74) is 5.35. The van der Waals surface area contributed by atoms with Gasteiger partial charge in [-0.1, -0.05) is 12.2 Å². The average Bonchev–Trinajstić information content (AvgIpc) is 2.26. The molecule has 0 aliphatic heterocycles. The number of nitrogens with zero attached hydrogens (tertiary/aromatic N) is 1. The molecule has 0 radical (unpaired) electrons. The molecule has 3 N–H and O–H groups in total. The van der Waals surface area contributed by atoms with Gasteiger partial charge in [-0.25, -0.2) is 4.98 Å². The van der Waals surface area contributed by atoms with E-state index in [1.54, 1.807) is 6.20 Å². The van der Waals surface area contributed by atoms with Gasteiger partial charge in [-0.05, 0) is 26.0 Å². The number of rotatable bonds is 6. The fourth-order valence-corrected chi connectivity index (χ4v) is 1.21. The van der Waals surface area contributed by atoms with Crippen LogP contribution in [0.4, 0.5) is 5.82 Å². The summed E-state index contributed by atoms with van der Waals surface area (Å²) in [4.78, 5) is 4.23. The van der Waals surface area contributed by atoms with E-state index in [4.69, 9.17) is 10.5 Å². The number of nitrogens with two attached hydrogens (primary N) is 1. The summed E-state index contributed by atoms with van der Waals surface area (Å²) in [6.07, 6.45) is 5.75. The Morgan fingerprint density at radius 2 is 2.31 bits per heavy atom. The molecule has 0 atom stereocenters. The summed E-state index contributed by atoms with van der Waals surface area (Å²) < 4.78 is 5.63. The zero-order chi connectivity index (χ0) is 11.8. The summed E-state index contributed by atoms with van der Waals surface area (Å²) >= 11 is 0. The zero-order valence-corrected chi connectivity index (χ0v) is 9.81. The van der Waals surface area contributed by atoms with Crippen LogP contribution in [0.15, 0.2) is 30.5 Å². The number of ether oxygens (including phenoxy) is 1. The van der Waals surface area contributed by atoms with Crippen LogP contribution in [-0.4, -0.2) is 24.2 Å². The number of aromatic nitrogens is 1. The molecule has 16 heavy (non-hydrogen) atoms. The van der Waals surface area contributed by atoms with Gasteiger partial charge in [-0.3, -0.25) is 0 Å². The summed E-state index contributed by atoms with van der Waals surface area (Å²) in [7, 11) is 0. The van der Waals surface area contributed by atoms with Crippen LogP contribution in [-0.2, 0) is 0 Å². The lowest BCUT2D eigenvalue weighted by molar-refractivity contribution is 0.243. The lowest BCUT2D eigenvalue weighted by Gasteiger charge is -2.13. The third-order valence-corrected chi connectivity index (χ3v) is 1.82. The molecule has 0 unspecified atom stereocenters. The molecule has 88 valence electrons. The van der Waals surface area contributed by atoms with Crippen molar-refractivity contribution in [2.45, 2.75) is 20.0 Å². The Kier molecular flexibility index (Phi) is 5.36. The molecule has 1 aromatic rings. The summed E-state index contributed by atoms with van der Waals surface area (Å²) in [5.74, 6) is 1.54. The maximum absolute atomic E-state index is 5.63. The fourth-order valence-electron chi connectivity index (χ4n) is 1.21. The van der Waals surface area contributed by atoms with Crippen LogP contribution in [0.1, 0.15) is 13.8 Å². The minimum Gasteiger partial charge on any atom is -0.487 e. The second kappa shape index (κ2) is 6.85. The molecule has 0 amide bonds. The van der Waals surface area contributed by atoms with Crippen molar-refractivity contribution in [3.05, 3.63) is 30.5 Å². The molecule has 0 saturated carbocycles. The van der Waals surface area contributed by atoms with Gasteiger partial charge in [-0.15, -0.1) is 0 Å². The number of pyridine rings is 1. The molecule has 1 rings (SSSR count). The van der Waals surface area contributed by atoms with Crippen molar-refractivity contribution >= 4 is 5.82 Å². The summed E-state index contributed by atoms with van der Waals surface area (Å²) in [6.45, 7) is 5.23. The Balaban J connectivity index is 2.60. The van der Waals surface area contributed by atoms with E-state index < -0.39 is 0 Å². The minimum absolute atomic E-state index is 0.143.